The Bertz CT molecular complexity index is 479. The van der Waals surface area contributed by atoms with E-state index in [1.165, 1.54) is 18.6 Å². The molecule has 0 aromatic carbocycles. The Morgan fingerprint density at radius 2 is 2.31 bits per heavy atom. The number of rotatable bonds is 3. The summed E-state index contributed by atoms with van der Waals surface area (Å²) in [7, 11) is 0. The van der Waals surface area contributed by atoms with Gasteiger partial charge in [-0.15, -0.1) is 0 Å². The van der Waals surface area contributed by atoms with E-state index in [1.54, 1.807) is 16.9 Å². The third-order valence-corrected chi connectivity index (χ3v) is 2.06. The Labute approximate surface area is 92.3 Å². The van der Waals surface area contributed by atoms with Crippen molar-refractivity contribution >= 4 is 11.6 Å². The van der Waals surface area contributed by atoms with Crippen LogP contribution >= 0.6 is 0 Å². The fourth-order valence-electron chi connectivity index (χ4n) is 1.22. The topological polar surface area (TPSA) is 72.7 Å². The van der Waals surface area contributed by atoms with Crippen molar-refractivity contribution in [2.24, 2.45) is 0 Å². The monoisotopic (exact) mass is 217 g/mol. The molecule has 0 aliphatic heterocycles. The summed E-state index contributed by atoms with van der Waals surface area (Å²) in [5.74, 6) is -0.201. The van der Waals surface area contributed by atoms with E-state index < -0.39 is 0 Å². The van der Waals surface area contributed by atoms with E-state index in [2.05, 4.69) is 20.6 Å². The predicted molar refractivity (Wildman–Crippen MR) is 57.9 cm³/mol. The van der Waals surface area contributed by atoms with Gasteiger partial charge in [-0.1, -0.05) is 0 Å². The van der Waals surface area contributed by atoms with E-state index >= 15 is 0 Å². The summed E-state index contributed by atoms with van der Waals surface area (Å²) >= 11 is 0. The maximum absolute atomic E-state index is 11.7. The van der Waals surface area contributed by atoms with Crippen LogP contribution in [0.5, 0.6) is 0 Å². The van der Waals surface area contributed by atoms with Crippen molar-refractivity contribution in [1.29, 1.82) is 0 Å². The Hall–Kier alpha value is -2.24. The van der Waals surface area contributed by atoms with Gasteiger partial charge in [0.15, 0.2) is 0 Å². The summed E-state index contributed by atoms with van der Waals surface area (Å²) in [6.45, 7) is 2.70. The van der Waals surface area contributed by atoms with Crippen molar-refractivity contribution in [1.82, 2.24) is 20.0 Å². The van der Waals surface area contributed by atoms with Crippen LogP contribution < -0.4 is 5.32 Å². The summed E-state index contributed by atoms with van der Waals surface area (Å²) in [6, 6.07) is 1.68. The molecule has 82 valence electrons. The van der Waals surface area contributed by atoms with Crippen LogP contribution in [0.25, 0.3) is 0 Å². The van der Waals surface area contributed by atoms with E-state index in [9.17, 15) is 4.79 Å². The van der Waals surface area contributed by atoms with E-state index in [-0.39, 0.29) is 5.91 Å². The van der Waals surface area contributed by atoms with Gasteiger partial charge in [0.2, 0.25) is 0 Å². The Balaban J connectivity index is 2.09. The van der Waals surface area contributed by atoms with Gasteiger partial charge in [-0.25, -0.2) is 0 Å². The van der Waals surface area contributed by atoms with Crippen LogP contribution in [-0.4, -0.2) is 25.9 Å². The molecule has 0 saturated heterocycles. The molecule has 0 aliphatic carbocycles. The molecule has 0 saturated carbocycles. The number of nitrogens with one attached hydrogen (secondary N) is 1. The number of hydrogen-bond donors (Lipinski definition) is 1. The van der Waals surface area contributed by atoms with Crippen molar-refractivity contribution in [2.75, 3.05) is 5.32 Å². The van der Waals surface area contributed by atoms with E-state index in [4.69, 9.17) is 0 Å². The number of carbonyl (C=O) groups is 1. The molecule has 0 atom stereocenters. The number of nitrogens with zero attached hydrogens (tertiary/aromatic N) is 4. The first-order valence-electron chi connectivity index (χ1n) is 4.90. The highest BCUT2D eigenvalue weighted by atomic mass is 16.1. The lowest BCUT2D eigenvalue weighted by Gasteiger charge is -2.00. The minimum atomic E-state index is -0.201. The van der Waals surface area contributed by atoms with Gasteiger partial charge in [0, 0.05) is 12.7 Å². The van der Waals surface area contributed by atoms with Crippen molar-refractivity contribution in [3.63, 3.8) is 0 Å². The van der Waals surface area contributed by atoms with Crippen molar-refractivity contribution < 1.29 is 4.79 Å². The minimum Gasteiger partial charge on any atom is -0.320 e. The van der Waals surface area contributed by atoms with Gasteiger partial charge in [0.05, 0.1) is 29.8 Å². The van der Waals surface area contributed by atoms with E-state index in [0.29, 0.717) is 11.3 Å². The molecule has 1 amide bonds. The molecule has 0 bridgehead atoms. The van der Waals surface area contributed by atoms with Crippen LogP contribution in [-0.2, 0) is 6.54 Å². The molecule has 6 nitrogen and oxygen atoms in total. The van der Waals surface area contributed by atoms with Crippen LogP contribution in [0.2, 0.25) is 0 Å². The number of aryl methyl sites for hydroxylation is 1. The highest BCUT2D eigenvalue weighted by Crippen LogP contribution is 2.05. The third-order valence-electron chi connectivity index (χ3n) is 2.06. The van der Waals surface area contributed by atoms with Gasteiger partial charge in [0.1, 0.15) is 0 Å². The van der Waals surface area contributed by atoms with Gasteiger partial charge in [-0.05, 0) is 13.0 Å². The zero-order chi connectivity index (χ0) is 11.4. The molecule has 0 unspecified atom stereocenters. The van der Waals surface area contributed by atoms with Gasteiger partial charge in [-0.3, -0.25) is 9.48 Å². The van der Waals surface area contributed by atoms with Gasteiger partial charge in [0.25, 0.3) is 5.91 Å². The largest absolute Gasteiger partial charge is 0.320 e. The van der Waals surface area contributed by atoms with Gasteiger partial charge in [-0.2, -0.15) is 15.3 Å². The molecular formula is C10H11N5O. The normalized spacial score (nSPS) is 10.1. The van der Waals surface area contributed by atoms with Crippen LogP contribution in [0.15, 0.2) is 30.9 Å². The molecule has 0 aliphatic rings. The van der Waals surface area contributed by atoms with Gasteiger partial charge >= 0.3 is 0 Å². The molecule has 0 fully saturated rings. The lowest BCUT2D eigenvalue weighted by molar-refractivity contribution is 0.102. The molecule has 6 heteroatoms. The SMILES string of the molecule is CCn1cc(C(=O)Nc2ccnnc2)cn1. The second-order valence-corrected chi connectivity index (χ2v) is 3.17. The first kappa shape index (κ1) is 10.3. The number of carbonyl (C=O) groups excluding carboxylic acids is 1. The molecule has 2 heterocycles. The molecule has 2 aromatic rings. The van der Waals surface area contributed by atoms with Crippen molar-refractivity contribution in [2.45, 2.75) is 13.5 Å². The van der Waals surface area contributed by atoms with Crippen LogP contribution in [0.1, 0.15) is 17.3 Å². The van der Waals surface area contributed by atoms with Crippen LogP contribution in [0.3, 0.4) is 0 Å². The first-order chi connectivity index (χ1) is 7.79. The second kappa shape index (κ2) is 4.52. The predicted octanol–water partition coefficient (Wildman–Crippen LogP) is 0.945. The van der Waals surface area contributed by atoms with Gasteiger partial charge < -0.3 is 5.32 Å². The average Bonchev–Trinajstić information content (AvgIpc) is 2.79. The molecule has 2 aromatic heterocycles. The molecular weight excluding hydrogens is 206 g/mol. The summed E-state index contributed by atoms with van der Waals surface area (Å²) in [5, 5.41) is 14.0. The number of amides is 1. The lowest BCUT2D eigenvalue weighted by Crippen LogP contribution is -2.11. The molecule has 16 heavy (non-hydrogen) atoms. The van der Waals surface area contributed by atoms with Crippen molar-refractivity contribution in [3.05, 3.63) is 36.4 Å². The second-order valence-electron chi connectivity index (χ2n) is 3.17. The maximum atomic E-state index is 11.7. The highest BCUT2D eigenvalue weighted by molar-refractivity contribution is 6.03. The van der Waals surface area contributed by atoms with Crippen LogP contribution in [0.4, 0.5) is 5.69 Å². The average molecular weight is 217 g/mol. The summed E-state index contributed by atoms with van der Waals surface area (Å²) in [5.41, 5.74) is 1.14. The summed E-state index contributed by atoms with van der Waals surface area (Å²) in [4.78, 5) is 11.7. The fraction of sp³-hybridized carbons (Fsp3) is 0.200. The molecule has 2 rings (SSSR count). The van der Waals surface area contributed by atoms with Crippen molar-refractivity contribution in [3.8, 4) is 0 Å². The summed E-state index contributed by atoms with van der Waals surface area (Å²) in [6.07, 6.45) is 6.24. The Morgan fingerprint density at radius 3 is 2.94 bits per heavy atom. The number of hydrogen-bond acceptors (Lipinski definition) is 4. The summed E-state index contributed by atoms with van der Waals surface area (Å²) < 4.78 is 1.69. The number of aromatic nitrogens is 4. The zero-order valence-electron chi connectivity index (χ0n) is 8.79. The Morgan fingerprint density at radius 1 is 1.44 bits per heavy atom. The Kier molecular flexibility index (Phi) is 2.90. The number of anilines is 1. The first-order valence-corrected chi connectivity index (χ1v) is 4.90. The molecule has 0 radical (unpaired) electrons. The quantitative estimate of drug-likeness (QED) is 0.830. The molecule has 0 spiro atoms. The highest BCUT2D eigenvalue weighted by Gasteiger charge is 2.08. The standard InChI is InChI=1S/C10H11N5O/c1-2-15-7-8(5-13-15)10(16)14-9-3-4-11-12-6-9/h3-7H,2H2,1H3,(H,11,14,16). The zero-order valence-corrected chi connectivity index (χ0v) is 8.79. The maximum Gasteiger partial charge on any atom is 0.258 e. The van der Waals surface area contributed by atoms with E-state index in [0.717, 1.165) is 6.54 Å². The lowest BCUT2D eigenvalue weighted by atomic mass is 10.3. The van der Waals surface area contributed by atoms with E-state index in [1.807, 2.05) is 6.92 Å². The smallest absolute Gasteiger partial charge is 0.258 e. The molecule has 1 N–H and O–H groups in total. The van der Waals surface area contributed by atoms with Crippen LogP contribution in [0, 0.1) is 0 Å². The fourth-order valence-corrected chi connectivity index (χ4v) is 1.22. The third kappa shape index (κ3) is 2.22. The minimum absolute atomic E-state index is 0.201.